The molecular weight excluding hydrogens is 448 g/mol. The molecule has 4 aromatic rings. The molecule has 0 fully saturated rings. The molecular formula is C21H14ClF2N3O3S. The quantitative estimate of drug-likeness (QED) is 0.494. The third-order valence-electron chi connectivity index (χ3n) is 4.64. The molecule has 0 atom stereocenters. The topological polar surface area (TPSA) is 73.1 Å². The summed E-state index contributed by atoms with van der Waals surface area (Å²) < 4.78 is 29.5. The summed E-state index contributed by atoms with van der Waals surface area (Å²) in [6.07, 6.45) is 0. The van der Waals surface area contributed by atoms with E-state index in [4.69, 9.17) is 11.6 Å². The Labute approximate surface area is 182 Å². The van der Waals surface area contributed by atoms with Gasteiger partial charge in [0.25, 0.3) is 5.56 Å². The first kappa shape index (κ1) is 21.0. The summed E-state index contributed by atoms with van der Waals surface area (Å²) in [5.74, 6) is -1.77. The van der Waals surface area contributed by atoms with Crippen molar-refractivity contribution in [2.45, 2.75) is 13.1 Å². The Morgan fingerprint density at radius 3 is 2.61 bits per heavy atom. The van der Waals surface area contributed by atoms with Crippen molar-refractivity contribution in [1.82, 2.24) is 14.5 Å². The van der Waals surface area contributed by atoms with Gasteiger partial charge in [-0.05, 0) is 41.3 Å². The number of hydrogen-bond acceptors (Lipinski definition) is 4. The molecule has 0 spiro atoms. The molecule has 0 aliphatic rings. The summed E-state index contributed by atoms with van der Waals surface area (Å²) in [6.45, 7) is -0.383. The molecule has 0 unspecified atom stereocenters. The lowest BCUT2D eigenvalue weighted by Gasteiger charge is -2.13. The zero-order valence-electron chi connectivity index (χ0n) is 15.8. The Bertz CT molecular complexity index is 1430. The van der Waals surface area contributed by atoms with Gasteiger partial charge in [-0.2, -0.15) is 0 Å². The van der Waals surface area contributed by atoms with Gasteiger partial charge in [-0.25, -0.2) is 18.1 Å². The summed E-state index contributed by atoms with van der Waals surface area (Å²) in [6, 6.07) is 10.8. The van der Waals surface area contributed by atoms with Crippen LogP contribution < -0.4 is 16.6 Å². The first-order valence-electron chi connectivity index (χ1n) is 9.05. The van der Waals surface area contributed by atoms with Crippen LogP contribution in [0.1, 0.15) is 5.56 Å². The molecule has 0 aliphatic carbocycles. The average Bonchev–Trinajstić information content (AvgIpc) is 3.22. The van der Waals surface area contributed by atoms with Gasteiger partial charge in [0.2, 0.25) is 5.91 Å². The maximum Gasteiger partial charge on any atom is 0.336 e. The van der Waals surface area contributed by atoms with E-state index in [1.54, 1.807) is 11.4 Å². The standard InChI is InChI=1S/C21H14ClF2N3O3S/c22-14-9-13(23)6-5-12(14)10-25-18(28)11-26-17-7-8-31-19(17)20(29)27(21(26)30)16-4-2-1-3-15(16)24/h1-9H,10-11H2,(H,25,28). The molecule has 10 heteroatoms. The molecule has 1 amide bonds. The summed E-state index contributed by atoms with van der Waals surface area (Å²) in [5, 5.41) is 4.39. The van der Waals surface area contributed by atoms with Crippen LogP contribution in [0.5, 0.6) is 0 Å². The number of hydrogen-bond donors (Lipinski definition) is 1. The van der Waals surface area contributed by atoms with Crippen molar-refractivity contribution in [3.8, 4) is 5.69 Å². The minimum absolute atomic E-state index is 0.0203. The third-order valence-corrected chi connectivity index (χ3v) is 5.88. The lowest BCUT2D eigenvalue weighted by molar-refractivity contribution is -0.121. The number of nitrogens with one attached hydrogen (secondary N) is 1. The molecule has 0 aliphatic heterocycles. The van der Waals surface area contributed by atoms with Crippen molar-refractivity contribution in [3.05, 3.63) is 97.0 Å². The number of nitrogens with zero attached hydrogens (tertiary/aromatic N) is 2. The second kappa shape index (κ2) is 8.44. The summed E-state index contributed by atoms with van der Waals surface area (Å²) in [4.78, 5) is 38.4. The number of benzene rings is 2. The maximum absolute atomic E-state index is 14.3. The van der Waals surface area contributed by atoms with Crippen molar-refractivity contribution in [2.24, 2.45) is 0 Å². The highest BCUT2D eigenvalue weighted by Crippen LogP contribution is 2.18. The number of thiophene rings is 1. The van der Waals surface area contributed by atoms with Crippen molar-refractivity contribution >= 4 is 39.1 Å². The number of carbonyl (C=O) groups excluding carboxylic acids is 1. The molecule has 2 aromatic carbocycles. The normalized spacial score (nSPS) is 11.1. The monoisotopic (exact) mass is 461 g/mol. The zero-order valence-corrected chi connectivity index (χ0v) is 17.3. The van der Waals surface area contributed by atoms with Crippen LogP contribution in [0.15, 0.2) is 63.5 Å². The van der Waals surface area contributed by atoms with E-state index >= 15 is 0 Å². The predicted molar refractivity (Wildman–Crippen MR) is 115 cm³/mol. The van der Waals surface area contributed by atoms with Gasteiger partial charge in [0.05, 0.1) is 11.2 Å². The first-order valence-corrected chi connectivity index (χ1v) is 10.3. The first-order chi connectivity index (χ1) is 14.9. The largest absolute Gasteiger partial charge is 0.350 e. The van der Waals surface area contributed by atoms with Gasteiger partial charge in [-0.1, -0.05) is 29.8 Å². The molecule has 1 N–H and O–H groups in total. The molecule has 31 heavy (non-hydrogen) atoms. The minimum atomic E-state index is -0.837. The molecule has 2 heterocycles. The van der Waals surface area contributed by atoms with E-state index in [1.807, 2.05) is 0 Å². The van der Waals surface area contributed by atoms with Gasteiger partial charge in [-0.15, -0.1) is 11.3 Å². The Morgan fingerprint density at radius 1 is 1.10 bits per heavy atom. The van der Waals surface area contributed by atoms with Gasteiger partial charge in [0.15, 0.2) is 0 Å². The van der Waals surface area contributed by atoms with Gasteiger partial charge in [-0.3, -0.25) is 14.2 Å². The smallest absolute Gasteiger partial charge is 0.336 e. The molecule has 0 saturated heterocycles. The average molecular weight is 462 g/mol. The number of amides is 1. The van der Waals surface area contributed by atoms with Crippen molar-refractivity contribution in [3.63, 3.8) is 0 Å². The Hall–Kier alpha value is -3.30. The Morgan fingerprint density at radius 2 is 1.87 bits per heavy atom. The predicted octanol–water partition coefficient (Wildman–Crippen LogP) is 3.46. The number of carbonyl (C=O) groups is 1. The SMILES string of the molecule is O=C(Cn1c(=O)n(-c2ccccc2F)c(=O)c2sccc21)NCc1ccc(F)cc1Cl. The molecule has 158 valence electrons. The van der Waals surface area contributed by atoms with Gasteiger partial charge >= 0.3 is 5.69 Å². The minimum Gasteiger partial charge on any atom is -0.350 e. The third kappa shape index (κ3) is 4.01. The van der Waals surface area contributed by atoms with Crippen LogP contribution in [-0.2, 0) is 17.9 Å². The van der Waals surface area contributed by atoms with E-state index in [0.29, 0.717) is 5.56 Å². The summed E-state index contributed by atoms with van der Waals surface area (Å²) in [7, 11) is 0. The molecule has 2 aromatic heterocycles. The van der Waals surface area contributed by atoms with Crippen molar-refractivity contribution in [1.29, 1.82) is 0 Å². The molecule has 0 bridgehead atoms. The van der Waals surface area contributed by atoms with Crippen LogP contribution in [0.25, 0.3) is 15.9 Å². The molecule has 0 saturated carbocycles. The van der Waals surface area contributed by atoms with Crippen LogP contribution in [0.3, 0.4) is 0 Å². The highest BCUT2D eigenvalue weighted by Gasteiger charge is 2.19. The summed E-state index contributed by atoms with van der Waals surface area (Å²) in [5.41, 5.74) is -0.908. The van der Waals surface area contributed by atoms with E-state index in [0.717, 1.165) is 32.6 Å². The van der Waals surface area contributed by atoms with Crippen LogP contribution in [-0.4, -0.2) is 15.0 Å². The molecule has 0 radical (unpaired) electrons. The maximum atomic E-state index is 14.3. The highest BCUT2D eigenvalue weighted by atomic mass is 35.5. The number of fused-ring (bicyclic) bond motifs is 1. The van der Waals surface area contributed by atoms with E-state index in [-0.39, 0.29) is 27.5 Å². The van der Waals surface area contributed by atoms with Crippen LogP contribution >= 0.6 is 22.9 Å². The molecule has 4 rings (SSSR count). The van der Waals surface area contributed by atoms with E-state index in [2.05, 4.69) is 5.32 Å². The highest BCUT2D eigenvalue weighted by molar-refractivity contribution is 7.17. The van der Waals surface area contributed by atoms with Gasteiger partial charge < -0.3 is 5.32 Å². The fourth-order valence-corrected chi connectivity index (χ4v) is 4.20. The van der Waals surface area contributed by atoms with E-state index in [1.165, 1.54) is 30.3 Å². The Kier molecular flexibility index (Phi) is 5.71. The van der Waals surface area contributed by atoms with Gasteiger partial charge in [0.1, 0.15) is 22.9 Å². The fraction of sp³-hybridized carbons (Fsp3) is 0.0952. The van der Waals surface area contributed by atoms with Crippen molar-refractivity contribution in [2.75, 3.05) is 0 Å². The second-order valence-electron chi connectivity index (χ2n) is 6.61. The zero-order chi connectivity index (χ0) is 22.1. The second-order valence-corrected chi connectivity index (χ2v) is 7.93. The Balaban J connectivity index is 1.70. The van der Waals surface area contributed by atoms with Crippen LogP contribution in [0.4, 0.5) is 8.78 Å². The number of aromatic nitrogens is 2. The van der Waals surface area contributed by atoms with Crippen LogP contribution in [0.2, 0.25) is 5.02 Å². The number of para-hydroxylation sites is 1. The lowest BCUT2D eigenvalue weighted by Crippen LogP contribution is -2.41. The summed E-state index contributed by atoms with van der Waals surface area (Å²) >= 11 is 7.06. The van der Waals surface area contributed by atoms with Crippen LogP contribution in [0, 0.1) is 11.6 Å². The van der Waals surface area contributed by atoms with Gasteiger partial charge in [0, 0.05) is 11.6 Å². The van der Waals surface area contributed by atoms with Crippen molar-refractivity contribution < 1.29 is 13.6 Å². The number of rotatable bonds is 5. The molecule has 6 nitrogen and oxygen atoms in total. The fourth-order valence-electron chi connectivity index (χ4n) is 3.14. The van der Waals surface area contributed by atoms with E-state index < -0.39 is 35.3 Å². The number of halogens is 3. The lowest BCUT2D eigenvalue weighted by atomic mass is 10.2. The van der Waals surface area contributed by atoms with E-state index in [9.17, 15) is 23.2 Å².